The second-order valence-corrected chi connectivity index (χ2v) is 9.76. The Kier molecular flexibility index (Phi) is 6.77. The SMILES string of the molecule is O=C1Nc2ccc(Cl)cc2[C@]2(CCN(C(=O)[C@@H](Cc3ccccc3)C(=O)Nc3ccc(C(=O)O)cc3)C2)O1. The van der Waals surface area contributed by atoms with Crippen molar-refractivity contribution in [2.24, 2.45) is 5.92 Å². The van der Waals surface area contributed by atoms with E-state index in [0.717, 1.165) is 5.56 Å². The van der Waals surface area contributed by atoms with Gasteiger partial charge in [-0.25, -0.2) is 9.59 Å². The molecule has 3 N–H and O–H groups in total. The number of ether oxygens (including phenoxy) is 1. The molecule has 0 unspecified atom stereocenters. The van der Waals surface area contributed by atoms with Crippen LogP contribution in [0.5, 0.6) is 0 Å². The van der Waals surface area contributed by atoms with Gasteiger partial charge in [0.15, 0.2) is 5.60 Å². The summed E-state index contributed by atoms with van der Waals surface area (Å²) in [6.45, 7) is 0.364. The van der Waals surface area contributed by atoms with Gasteiger partial charge in [-0.05, 0) is 54.4 Å². The molecule has 0 aromatic heterocycles. The van der Waals surface area contributed by atoms with E-state index in [1.807, 2.05) is 30.3 Å². The Labute approximate surface area is 223 Å². The van der Waals surface area contributed by atoms with E-state index in [2.05, 4.69) is 10.6 Å². The lowest BCUT2D eigenvalue weighted by Crippen LogP contribution is -2.45. The number of carboxylic acids is 1. The summed E-state index contributed by atoms with van der Waals surface area (Å²) in [5.41, 5.74) is 1.45. The van der Waals surface area contributed by atoms with Crippen molar-refractivity contribution in [3.8, 4) is 0 Å². The molecule has 5 rings (SSSR count). The number of amides is 3. The maximum absolute atomic E-state index is 13.8. The molecular weight excluding hydrogens is 510 g/mol. The molecule has 2 aliphatic heterocycles. The van der Waals surface area contributed by atoms with Crippen LogP contribution in [0.2, 0.25) is 5.02 Å². The summed E-state index contributed by atoms with van der Waals surface area (Å²) in [7, 11) is 0. The molecule has 3 aromatic rings. The fraction of sp³-hybridized carbons (Fsp3) is 0.214. The number of carbonyl (C=O) groups is 4. The van der Waals surface area contributed by atoms with Gasteiger partial charge >= 0.3 is 12.1 Å². The first kappa shape index (κ1) is 25.3. The molecule has 1 spiro atoms. The molecule has 2 heterocycles. The van der Waals surface area contributed by atoms with Crippen molar-refractivity contribution in [3.05, 3.63) is 94.5 Å². The maximum Gasteiger partial charge on any atom is 0.412 e. The number of fused-ring (bicyclic) bond motifs is 2. The van der Waals surface area contributed by atoms with Crippen LogP contribution in [0.15, 0.2) is 72.8 Å². The largest absolute Gasteiger partial charge is 0.478 e. The molecule has 1 fully saturated rings. The number of carbonyl (C=O) groups excluding carboxylic acids is 3. The number of nitrogens with zero attached hydrogens (tertiary/aromatic N) is 1. The first-order valence-electron chi connectivity index (χ1n) is 12.0. The molecule has 0 bridgehead atoms. The Morgan fingerprint density at radius 2 is 1.82 bits per heavy atom. The number of anilines is 2. The number of hydrogen-bond acceptors (Lipinski definition) is 5. The summed E-state index contributed by atoms with van der Waals surface area (Å²) >= 11 is 6.23. The van der Waals surface area contributed by atoms with Crippen LogP contribution in [-0.2, 0) is 26.3 Å². The van der Waals surface area contributed by atoms with E-state index < -0.39 is 35.4 Å². The first-order valence-corrected chi connectivity index (χ1v) is 12.4. The van der Waals surface area contributed by atoms with E-state index in [-0.39, 0.29) is 25.1 Å². The average molecular weight is 534 g/mol. The lowest BCUT2D eigenvalue weighted by molar-refractivity contribution is -0.140. The van der Waals surface area contributed by atoms with E-state index in [9.17, 15) is 19.2 Å². The average Bonchev–Trinajstić information content (AvgIpc) is 3.32. The molecule has 194 valence electrons. The van der Waals surface area contributed by atoms with Gasteiger partial charge in [-0.15, -0.1) is 0 Å². The lowest BCUT2D eigenvalue weighted by atomic mass is 9.90. The highest BCUT2D eigenvalue weighted by Crippen LogP contribution is 2.44. The second-order valence-electron chi connectivity index (χ2n) is 9.32. The summed E-state index contributed by atoms with van der Waals surface area (Å²) in [5, 5.41) is 15.0. The first-order chi connectivity index (χ1) is 18.2. The summed E-state index contributed by atoms with van der Waals surface area (Å²) in [6, 6.07) is 20.0. The van der Waals surface area contributed by atoms with E-state index in [0.29, 0.717) is 28.4 Å². The maximum atomic E-state index is 13.8. The second kappa shape index (κ2) is 10.2. The van der Waals surface area contributed by atoms with Gasteiger partial charge in [-0.2, -0.15) is 0 Å². The molecular formula is C28H24ClN3O6. The third-order valence-corrected chi connectivity index (χ3v) is 7.07. The zero-order chi connectivity index (χ0) is 26.9. The third kappa shape index (κ3) is 5.05. The highest BCUT2D eigenvalue weighted by atomic mass is 35.5. The number of benzene rings is 3. The van der Waals surface area contributed by atoms with Gasteiger partial charge < -0.3 is 20.1 Å². The summed E-state index contributed by atoms with van der Waals surface area (Å²) < 4.78 is 5.73. The van der Waals surface area contributed by atoms with E-state index in [4.69, 9.17) is 21.4 Å². The molecule has 3 aromatic carbocycles. The summed E-state index contributed by atoms with van der Waals surface area (Å²) in [6.07, 6.45) is -0.0977. The number of halogens is 1. The van der Waals surface area contributed by atoms with Crippen LogP contribution in [0.1, 0.15) is 27.9 Å². The minimum atomic E-state index is -1.08. The van der Waals surface area contributed by atoms with Gasteiger partial charge in [0, 0.05) is 29.2 Å². The Morgan fingerprint density at radius 1 is 1.08 bits per heavy atom. The fourth-order valence-corrected chi connectivity index (χ4v) is 5.10. The topological polar surface area (TPSA) is 125 Å². The number of aromatic carboxylic acids is 1. The third-order valence-electron chi connectivity index (χ3n) is 6.84. The van der Waals surface area contributed by atoms with Crippen molar-refractivity contribution in [3.63, 3.8) is 0 Å². The molecule has 0 radical (unpaired) electrons. The zero-order valence-electron chi connectivity index (χ0n) is 20.1. The minimum absolute atomic E-state index is 0.0818. The highest BCUT2D eigenvalue weighted by Gasteiger charge is 2.50. The molecule has 38 heavy (non-hydrogen) atoms. The highest BCUT2D eigenvalue weighted by molar-refractivity contribution is 6.30. The van der Waals surface area contributed by atoms with Gasteiger partial charge in [-0.3, -0.25) is 14.9 Å². The molecule has 2 aliphatic rings. The molecule has 1 saturated heterocycles. The van der Waals surface area contributed by atoms with Gasteiger partial charge in [0.05, 0.1) is 17.8 Å². The standard InChI is InChI=1S/C28H24ClN3O6/c29-19-8-11-23-22(15-19)28(38-27(37)31-23)12-13-32(16-28)25(34)21(14-17-4-2-1-3-5-17)24(33)30-20-9-6-18(7-10-20)26(35)36/h1-11,15,21H,12-14,16H2,(H,30,33)(H,31,37)(H,35,36)/t21-,28+/m0/s1. The predicted molar refractivity (Wildman–Crippen MR) is 140 cm³/mol. The monoisotopic (exact) mass is 533 g/mol. The van der Waals surface area contributed by atoms with Crippen molar-refractivity contribution in [1.82, 2.24) is 4.90 Å². The number of carboxylic acid groups (broad SMARTS) is 1. The number of hydrogen-bond donors (Lipinski definition) is 3. The van der Waals surface area contributed by atoms with Gasteiger partial charge in [-0.1, -0.05) is 41.9 Å². The smallest absolute Gasteiger partial charge is 0.412 e. The van der Waals surface area contributed by atoms with Gasteiger partial charge in [0.2, 0.25) is 11.8 Å². The van der Waals surface area contributed by atoms with Crippen LogP contribution in [0, 0.1) is 5.92 Å². The Hall–Kier alpha value is -4.37. The van der Waals surface area contributed by atoms with Crippen LogP contribution >= 0.6 is 11.6 Å². The zero-order valence-corrected chi connectivity index (χ0v) is 20.9. The molecule has 0 aliphatic carbocycles. The van der Waals surface area contributed by atoms with Crippen LogP contribution in [0.3, 0.4) is 0 Å². The number of likely N-dealkylation sites (tertiary alicyclic amines) is 1. The van der Waals surface area contributed by atoms with E-state index >= 15 is 0 Å². The predicted octanol–water partition coefficient (Wildman–Crippen LogP) is 4.53. The summed E-state index contributed by atoms with van der Waals surface area (Å²) in [4.78, 5) is 52.2. The normalized spacial score (nSPS) is 18.8. The summed E-state index contributed by atoms with van der Waals surface area (Å²) in [5.74, 6) is -3.07. The molecule has 10 heteroatoms. The van der Waals surface area contributed by atoms with Crippen LogP contribution in [0.4, 0.5) is 16.2 Å². The van der Waals surface area contributed by atoms with Crippen molar-refractivity contribution >= 4 is 46.9 Å². The molecule has 2 atom stereocenters. The number of rotatable bonds is 6. The quantitative estimate of drug-likeness (QED) is 0.400. The number of nitrogens with one attached hydrogen (secondary N) is 2. The Bertz CT molecular complexity index is 1410. The fourth-order valence-electron chi connectivity index (χ4n) is 4.93. The van der Waals surface area contributed by atoms with Crippen LogP contribution < -0.4 is 10.6 Å². The molecule has 9 nitrogen and oxygen atoms in total. The molecule has 0 saturated carbocycles. The van der Waals surface area contributed by atoms with Gasteiger partial charge in [0.1, 0.15) is 5.92 Å². The van der Waals surface area contributed by atoms with E-state index in [1.54, 1.807) is 23.1 Å². The van der Waals surface area contributed by atoms with Crippen LogP contribution in [0.25, 0.3) is 0 Å². The van der Waals surface area contributed by atoms with Crippen molar-refractivity contribution in [2.75, 3.05) is 23.7 Å². The van der Waals surface area contributed by atoms with Crippen molar-refractivity contribution in [1.29, 1.82) is 0 Å². The van der Waals surface area contributed by atoms with Gasteiger partial charge in [0.25, 0.3) is 0 Å². The molecule has 3 amide bonds. The van der Waals surface area contributed by atoms with Crippen molar-refractivity contribution in [2.45, 2.75) is 18.4 Å². The minimum Gasteiger partial charge on any atom is -0.478 e. The van der Waals surface area contributed by atoms with Crippen molar-refractivity contribution < 1.29 is 29.0 Å². The Balaban J connectivity index is 1.40. The van der Waals surface area contributed by atoms with E-state index in [1.165, 1.54) is 24.3 Å². The Morgan fingerprint density at radius 3 is 2.53 bits per heavy atom. The van der Waals surface area contributed by atoms with Crippen LogP contribution in [-0.4, -0.2) is 47.0 Å². The lowest BCUT2D eigenvalue weighted by Gasteiger charge is -2.35.